The van der Waals surface area contributed by atoms with Crippen molar-refractivity contribution >= 4 is 5.91 Å². The van der Waals surface area contributed by atoms with Crippen molar-refractivity contribution in [3.05, 3.63) is 24.2 Å². The number of nitrogens with zero attached hydrogens (tertiary/aromatic N) is 1. The summed E-state index contributed by atoms with van der Waals surface area (Å²) in [6.45, 7) is 2.15. The zero-order chi connectivity index (χ0) is 11.4. The average molecular weight is 224 g/mol. The van der Waals surface area contributed by atoms with E-state index in [1.807, 2.05) is 12.1 Å². The molecule has 1 fully saturated rings. The molecule has 16 heavy (non-hydrogen) atoms. The third kappa shape index (κ3) is 2.43. The summed E-state index contributed by atoms with van der Waals surface area (Å²) < 4.78 is 10.6. The molecular formula is C11H16N2O3. The zero-order valence-corrected chi connectivity index (χ0v) is 9.09. The van der Waals surface area contributed by atoms with Crippen LogP contribution in [0.5, 0.6) is 0 Å². The van der Waals surface area contributed by atoms with E-state index in [4.69, 9.17) is 14.9 Å². The average Bonchev–Trinajstić information content (AvgIpc) is 2.77. The second-order valence-corrected chi connectivity index (χ2v) is 3.78. The van der Waals surface area contributed by atoms with E-state index in [1.54, 1.807) is 11.2 Å². The van der Waals surface area contributed by atoms with Gasteiger partial charge in [0, 0.05) is 6.54 Å². The molecule has 0 bridgehead atoms. The molecule has 1 amide bonds. The smallest absolute Gasteiger partial charge is 0.252 e. The number of furan rings is 1. The number of rotatable bonds is 4. The van der Waals surface area contributed by atoms with Crippen molar-refractivity contribution in [1.82, 2.24) is 4.90 Å². The van der Waals surface area contributed by atoms with E-state index in [0.29, 0.717) is 32.7 Å². The molecule has 1 aliphatic heterocycles. The summed E-state index contributed by atoms with van der Waals surface area (Å²) in [6.07, 6.45) is 1.80. The monoisotopic (exact) mass is 224 g/mol. The highest BCUT2D eigenvalue weighted by molar-refractivity contribution is 5.81. The van der Waals surface area contributed by atoms with Crippen molar-refractivity contribution in [2.75, 3.05) is 19.7 Å². The van der Waals surface area contributed by atoms with Crippen LogP contribution in [0.3, 0.4) is 0 Å². The first-order valence-electron chi connectivity index (χ1n) is 5.44. The number of nitrogens with two attached hydrogens (primary N) is 1. The lowest BCUT2D eigenvalue weighted by Gasteiger charge is -2.31. The lowest BCUT2D eigenvalue weighted by atomic mass is 10.2. The molecule has 5 heteroatoms. The molecule has 0 spiro atoms. The Balaban J connectivity index is 1.96. The van der Waals surface area contributed by atoms with Crippen LogP contribution in [0.25, 0.3) is 0 Å². The summed E-state index contributed by atoms with van der Waals surface area (Å²) in [5.41, 5.74) is 5.43. The van der Waals surface area contributed by atoms with E-state index < -0.39 is 0 Å². The van der Waals surface area contributed by atoms with Gasteiger partial charge < -0.3 is 19.8 Å². The molecule has 0 saturated carbocycles. The van der Waals surface area contributed by atoms with Crippen LogP contribution >= 0.6 is 0 Å². The minimum absolute atomic E-state index is 0.00750. The van der Waals surface area contributed by atoms with Crippen LogP contribution < -0.4 is 5.73 Å². The largest absolute Gasteiger partial charge is 0.467 e. The molecule has 2 heterocycles. The van der Waals surface area contributed by atoms with Crippen molar-refractivity contribution < 1.29 is 13.9 Å². The highest BCUT2D eigenvalue weighted by Crippen LogP contribution is 2.13. The van der Waals surface area contributed by atoms with Crippen molar-refractivity contribution in [1.29, 1.82) is 0 Å². The second kappa shape index (κ2) is 5.14. The van der Waals surface area contributed by atoms with Crippen molar-refractivity contribution in [3.8, 4) is 0 Å². The number of carbonyl (C=O) groups is 1. The van der Waals surface area contributed by atoms with Crippen LogP contribution in [0.4, 0.5) is 0 Å². The van der Waals surface area contributed by atoms with Gasteiger partial charge in [-0.1, -0.05) is 0 Å². The van der Waals surface area contributed by atoms with Gasteiger partial charge in [0.15, 0.2) is 0 Å². The highest BCUT2D eigenvalue weighted by Gasteiger charge is 2.29. The summed E-state index contributed by atoms with van der Waals surface area (Å²) in [4.78, 5) is 13.7. The van der Waals surface area contributed by atoms with E-state index in [2.05, 4.69) is 0 Å². The molecule has 1 aliphatic rings. The number of ether oxygens (including phenoxy) is 1. The summed E-state index contributed by atoms with van der Waals surface area (Å²) in [6, 6.07) is 3.68. The lowest BCUT2D eigenvalue weighted by molar-refractivity contribution is -0.154. The number of amides is 1. The summed E-state index contributed by atoms with van der Waals surface area (Å²) >= 11 is 0. The molecule has 0 aromatic carbocycles. The molecule has 0 radical (unpaired) electrons. The van der Waals surface area contributed by atoms with Gasteiger partial charge in [-0.15, -0.1) is 0 Å². The summed E-state index contributed by atoms with van der Waals surface area (Å²) in [7, 11) is 0. The van der Waals surface area contributed by atoms with Gasteiger partial charge in [-0.3, -0.25) is 4.79 Å². The standard InChI is InChI=1S/C11H16N2O3/c12-4-3-10-11(14)13(5-7-16-10)8-9-2-1-6-15-9/h1-2,6,10H,3-5,7-8,12H2. The minimum atomic E-state index is -0.381. The summed E-state index contributed by atoms with van der Waals surface area (Å²) in [5, 5.41) is 0. The van der Waals surface area contributed by atoms with Crippen LogP contribution in [0.15, 0.2) is 22.8 Å². The lowest BCUT2D eigenvalue weighted by Crippen LogP contribution is -2.47. The first-order valence-corrected chi connectivity index (χ1v) is 5.44. The predicted octanol–water partition coefficient (Wildman–Crippen LogP) is 0.356. The Morgan fingerprint density at radius 1 is 1.56 bits per heavy atom. The van der Waals surface area contributed by atoms with E-state index in [1.165, 1.54) is 0 Å². The third-order valence-electron chi connectivity index (χ3n) is 2.62. The van der Waals surface area contributed by atoms with E-state index in [0.717, 1.165) is 5.76 Å². The van der Waals surface area contributed by atoms with E-state index >= 15 is 0 Å². The van der Waals surface area contributed by atoms with Gasteiger partial charge in [-0.2, -0.15) is 0 Å². The van der Waals surface area contributed by atoms with Gasteiger partial charge in [0.2, 0.25) is 0 Å². The second-order valence-electron chi connectivity index (χ2n) is 3.78. The van der Waals surface area contributed by atoms with Crippen LogP contribution in [0.2, 0.25) is 0 Å². The fourth-order valence-electron chi connectivity index (χ4n) is 1.80. The molecule has 0 aliphatic carbocycles. The van der Waals surface area contributed by atoms with Gasteiger partial charge in [0.05, 0.1) is 19.4 Å². The van der Waals surface area contributed by atoms with Crippen LogP contribution in [0, 0.1) is 0 Å². The maximum Gasteiger partial charge on any atom is 0.252 e. The SMILES string of the molecule is NCCC1OCCN(Cc2ccco2)C1=O. The molecule has 5 nitrogen and oxygen atoms in total. The first-order chi connectivity index (χ1) is 7.81. The molecule has 88 valence electrons. The molecule has 1 aromatic heterocycles. The Labute approximate surface area is 94.1 Å². The van der Waals surface area contributed by atoms with Crippen LogP contribution in [0.1, 0.15) is 12.2 Å². The van der Waals surface area contributed by atoms with Gasteiger partial charge in [0.25, 0.3) is 5.91 Å². The maximum absolute atomic E-state index is 11.9. The Kier molecular flexibility index (Phi) is 3.58. The Hall–Kier alpha value is -1.33. The summed E-state index contributed by atoms with van der Waals surface area (Å²) in [5.74, 6) is 0.801. The van der Waals surface area contributed by atoms with Gasteiger partial charge >= 0.3 is 0 Å². The number of morpholine rings is 1. The Morgan fingerprint density at radius 3 is 3.12 bits per heavy atom. The molecule has 2 rings (SSSR count). The normalized spacial score (nSPS) is 21.4. The predicted molar refractivity (Wildman–Crippen MR) is 57.5 cm³/mol. The topological polar surface area (TPSA) is 68.7 Å². The van der Waals surface area contributed by atoms with Crippen molar-refractivity contribution in [2.24, 2.45) is 5.73 Å². The maximum atomic E-state index is 11.9. The highest BCUT2D eigenvalue weighted by atomic mass is 16.5. The fourth-order valence-corrected chi connectivity index (χ4v) is 1.80. The van der Waals surface area contributed by atoms with E-state index in [9.17, 15) is 4.79 Å². The van der Waals surface area contributed by atoms with Crippen LogP contribution in [-0.4, -0.2) is 36.6 Å². The Bertz CT molecular complexity index is 335. The third-order valence-corrected chi connectivity index (χ3v) is 2.62. The van der Waals surface area contributed by atoms with Gasteiger partial charge in [-0.05, 0) is 25.1 Å². The Morgan fingerprint density at radius 2 is 2.44 bits per heavy atom. The molecule has 1 atom stereocenters. The van der Waals surface area contributed by atoms with E-state index in [-0.39, 0.29) is 12.0 Å². The number of hydrogen-bond donors (Lipinski definition) is 1. The molecule has 1 unspecified atom stereocenters. The molecular weight excluding hydrogens is 208 g/mol. The number of hydrogen-bond acceptors (Lipinski definition) is 4. The zero-order valence-electron chi connectivity index (χ0n) is 9.09. The van der Waals surface area contributed by atoms with Crippen molar-refractivity contribution in [2.45, 2.75) is 19.1 Å². The fraction of sp³-hybridized carbons (Fsp3) is 0.545. The molecule has 2 N–H and O–H groups in total. The minimum Gasteiger partial charge on any atom is -0.467 e. The first kappa shape index (κ1) is 11.2. The molecule has 1 aromatic rings. The molecule has 1 saturated heterocycles. The van der Waals surface area contributed by atoms with Gasteiger partial charge in [-0.25, -0.2) is 0 Å². The van der Waals surface area contributed by atoms with Crippen LogP contribution in [-0.2, 0) is 16.1 Å². The van der Waals surface area contributed by atoms with Gasteiger partial charge in [0.1, 0.15) is 11.9 Å². The quantitative estimate of drug-likeness (QED) is 0.801. The van der Waals surface area contributed by atoms with Crippen molar-refractivity contribution in [3.63, 3.8) is 0 Å². The number of carbonyl (C=O) groups excluding carboxylic acids is 1.